The van der Waals surface area contributed by atoms with Gasteiger partial charge in [-0.15, -0.1) is 0 Å². The molecule has 0 spiro atoms. The van der Waals surface area contributed by atoms with Gasteiger partial charge in [0.15, 0.2) is 0 Å². The van der Waals surface area contributed by atoms with E-state index in [2.05, 4.69) is 20.7 Å². The molecule has 0 bridgehead atoms. The van der Waals surface area contributed by atoms with E-state index in [1.54, 1.807) is 19.1 Å². The summed E-state index contributed by atoms with van der Waals surface area (Å²) >= 11 is 3.24. The van der Waals surface area contributed by atoms with E-state index < -0.39 is 10.0 Å². The van der Waals surface area contributed by atoms with E-state index in [1.807, 2.05) is 0 Å². The molecule has 1 atom stereocenters. The second-order valence-electron chi connectivity index (χ2n) is 3.69. The molecule has 0 amide bonds. The lowest BCUT2D eigenvalue weighted by molar-refractivity contribution is 0.122. The maximum atomic E-state index is 12.1. The second-order valence-corrected chi connectivity index (χ2v) is 6.34. The van der Waals surface area contributed by atoms with Crippen molar-refractivity contribution < 1.29 is 17.9 Å². The molecule has 0 radical (unpaired) electrons. The Morgan fingerprint density at radius 2 is 2.06 bits per heavy atom. The fourth-order valence-corrected chi connectivity index (χ4v) is 3.07. The van der Waals surface area contributed by atoms with Crippen molar-refractivity contribution in [2.45, 2.75) is 17.9 Å². The zero-order valence-electron chi connectivity index (χ0n) is 10.4. The monoisotopic (exact) mass is 337 g/mol. The standard InChI is InChI=1S/C11H16BrNO4S/c1-8(16-2)7-13-18(14,15)11-6-9(12)4-5-10(11)17-3/h4-6,8,13H,7H2,1-3H3. The molecule has 0 saturated carbocycles. The number of benzene rings is 1. The van der Waals surface area contributed by atoms with Gasteiger partial charge in [0.25, 0.3) is 0 Å². The summed E-state index contributed by atoms with van der Waals surface area (Å²) in [6.45, 7) is 1.98. The van der Waals surface area contributed by atoms with E-state index in [-0.39, 0.29) is 17.5 Å². The highest BCUT2D eigenvalue weighted by atomic mass is 79.9. The summed E-state index contributed by atoms with van der Waals surface area (Å²) in [5.74, 6) is 0.302. The van der Waals surface area contributed by atoms with Crippen LogP contribution in [0.1, 0.15) is 6.92 Å². The summed E-state index contributed by atoms with van der Waals surface area (Å²) < 4.78 is 37.4. The first kappa shape index (κ1) is 15.4. The second kappa shape index (κ2) is 6.51. The molecular formula is C11H16BrNO4S. The minimum atomic E-state index is -3.62. The lowest BCUT2D eigenvalue weighted by atomic mass is 10.3. The van der Waals surface area contributed by atoms with Crippen LogP contribution in [0.3, 0.4) is 0 Å². The molecule has 1 aromatic carbocycles. The molecule has 5 nitrogen and oxygen atoms in total. The number of sulfonamides is 1. The first-order valence-corrected chi connectivity index (χ1v) is 7.54. The smallest absolute Gasteiger partial charge is 0.244 e. The molecule has 7 heteroatoms. The van der Waals surface area contributed by atoms with Gasteiger partial charge >= 0.3 is 0 Å². The first-order valence-electron chi connectivity index (χ1n) is 5.26. The zero-order chi connectivity index (χ0) is 13.8. The van der Waals surface area contributed by atoms with Crippen molar-refractivity contribution in [2.75, 3.05) is 20.8 Å². The Hall–Kier alpha value is -0.630. The third-order valence-corrected chi connectivity index (χ3v) is 4.32. The van der Waals surface area contributed by atoms with Crippen molar-refractivity contribution in [1.82, 2.24) is 4.72 Å². The van der Waals surface area contributed by atoms with Gasteiger partial charge in [-0.05, 0) is 25.1 Å². The number of hydrogen-bond acceptors (Lipinski definition) is 4. The third-order valence-electron chi connectivity index (χ3n) is 2.38. The fraction of sp³-hybridized carbons (Fsp3) is 0.455. The van der Waals surface area contributed by atoms with Crippen molar-refractivity contribution in [2.24, 2.45) is 0 Å². The summed E-state index contributed by atoms with van der Waals surface area (Å²) in [5, 5.41) is 0. The van der Waals surface area contributed by atoms with Crippen LogP contribution in [0.25, 0.3) is 0 Å². The quantitative estimate of drug-likeness (QED) is 0.859. The normalized spacial score (nSPS) is 13.3. The Morgan fingerprint density at radius 1 is 1.39 bits per heavy atom. The Balaban J connectivity index is 3.00. The van der Waals surface area contributed by atoms with Gasteiger partial charge in [0.05, 0.1) is 13.2 Å². The summed E-state index contributed by atoms with van der Waals surface area (Å²) in [6.07, 6.45) is -0.196. The van der Waals surface area contributed by atoms with Gasteiger partial charge in [0.1, 0.15) is 10.6 Å². The number of hydrogen-bond donors (Lipinski definition) is 1. The highest BCUT2D eigenvalue weighted by Crippen LogP contribution is 2.26. The summed E-state index contributed by atoms with van der Waals surface area (Å²) in [4.78, 5) is 0.0997. The molecule has 18 heavy (non-hydrogen) atoms. The Bertz CT molecular complexity index is 504. The number of ether oxygens (including phenoxy) is 2. The zero-order valence-corrected chi connectivity index (χ0v) is 12.8. The fourth-order valence-electron chi connectivity index (χ4n) is 1.25. The predicted octanol–water partition coefficient (Wildman–Crippen LogP) is 1.77. The molecule has 0 aliphatic rings. The highest BCUT2D eigenvalue weighted by Gasteiger charge is 2.20. The molecule has 1 rings (SSSR count). The number of nitrogens with one attached hydrogen (secondary N) is 1. The summed E-state index contributed by atoms with van der Waals surface area (Å²) in [5.41, 5.74) is 0. The van der Waals surface area contributed by atoms with E-state index >= 15 is 0 Å². The molecule has 1 aromatic rings. The van der Waals surface area contributed by atoms with Crippen LogP contribution < -0.4 is 9.46 Å². The molecule has 0 heterocycles. The molecule has 102 valence electrons. The lowest BCUT2D eigenvalue weighted by Gasteiger charge is -2.13. The van der Waals surface area contributed by atoms with Crippen molar-refractivity contribution in [3.63, 3.8) is 0 Å². The number of halogens is 1. The van der Waals surface area contributed by atoms with E-state index in [4.69, 9.17) is 9.47 Å². The van der Waals surface area contributed by atoms with Gasteiger partial charge in [-0.1, -0.05) is 15.9 Å². The minimum Gasteiger partial charge on any atom is -0.495 e. The topological polar surface area (TPSA) is 64.6 Å². The third kappa shape index (κ3) is 3.94. The van der Waals surface area contributed by atoms with Crippen LogP contribution in [0.2, 0.25) is 0 Å². The summed E-state index contributed by atoms with van der Waals surface area (Å²) in [6, 6.07) is 4.81. The van der Waals surface area contributed by atoms with Crippen molar-refractivity contribution in [1.29, 1.82) is 0 Å². The largest absolute Gasteiger partial charge is 0.495 e. The van der Waals surface area contributed by atoms with Crippen LogP contribution in [0, 0.1) is 0 Å². The van der Waals surface area contributed by atoms with Crippen LogP contribution in [0.5, 0.6) is 5.75 Å². The highest BCUT2D eigenvalue weighted by molar-refractivity contribution is 9.10. The molecule has 0 fully saturated rings. The molecule has 0 aliphatic heterocycles. The van der Waals surface area contributed by atoms with Gasteiger partial charge < -0.3 is 9.47 Å². The average Bonchev–Trinajstić information content (AvgIpc) is 2.36. The van der Waals surface area contributed by atoms with Crippen molar-refractivity contribution >= 4 is 26.0 Å². The average molecular weight is 338 g/mol. The van der Waals surface area contributed by atoms with Gasteiger partial charge in [-0.25, -0.2) is 13.1 Å². The number of rotatable bonds is 6. The van der Waals surface area contributed by atoms with Crippen LogP contribution in [0.15, 0.2) is 27.6 Å². The van der Waals surface area contributed by atoms with E-state index in [9.17, 15) is 8.42 Å². The van der Waals surface area contributed by atoms with E-state index in [0.29, 0.717) is 10.2 Å². The first-order chi connectivity index (χ1) is 8.40. The molecule has 0 aliphatic carbocycles. The molecule has 1 unspecified atom stereocenters. The summed E-state index contributed by atoms with van der Waals surface area (Å²) in [7, 11) is -0.659. The predicted molar refractivity (Wildman–Crippen MR) is 72.4 cm³/mol. The van der Waals surface area contributed by atoms with Crippen LogP contribution >= 0.6 is 15.9 Å². The maximum absolute atomic E-state index is 12.1. The Morgan fingerprint density at radius 3 is 2.61 bits per heavy atom. The Labute approximate surface area is 116 Å². The van der Waals surface area contributed by atoms with E-state index in [0.717, 1.165) is 0 Å². The van der Waals surface area contributed by atoms with E-state index in [1.165, 1.54) is 20.3 Å². The van der Waals surface area contributed by atoms with Crippen LogP contribution in [-0.2, 0) is 14.8 Å². The molecular weight excluding hydrogens is 322 g/mol. The Kier molecular flexibility index (Phi) is 5.58. The maximum Gasteiger partial charge on any atom is 0.244 e. The molecule has 1 N–H and O–H groups in total. The molecule has 0 aromatic heterocycles. The molecule has 0 saturated heterocycles. The van der Waals surface area contributed by atoms with Gasteiger partial charge in [-0.3, -0.25) is 0 Å². The van der Waals surface area contributed by atoms with Gasteiger partial charge in [0.2, 0.25) is 10.0 Å². The number of methoxy groups -OCH3 is 2. The van der Waals surface area contributed by atoms with Crippen LogP contribution in [0.4, 0.5) is 0 Å². The van der Waals surface area contributed by atoms with Crippen molar-refractivity contribution in [3.05, 3.63) is 22.7 Å². The van der Waals surface area contributed by atoms with Gasteiger partial charge in [-0.2, -0.15) is 0 Å². The van der Waals surface area contributed by atoms with Gasteiger partial charge in [0, 0.05) is 18.1 Å². The van der Waals surface area contributed by atoms with Crippen LogP contribution in [-0.4, -0.2) is 35.3 Å². The SMILES string of the molecule is COc1ccc(Br)cc1S(=O)(=O)NCC(C)OC. The lowest BCUT2D eigenvalue weighted by Crippen LogP contribution is -2.31. The minimum absolute atomic E-state index is 0.0997. The van der Waals surface area contributed by atoms with Crippen molar-refractivity contribution in [3.8, 4) is 5.75 Å².